The lowest BCUT2D eigenvalue weighted by atomic mass is 10.3. The highest BCUT2D eigenvalue weighted by atomic mass is 16.4. The number of amides is 1. The Morgan fingerprint density at radius 1 is 1.53 bits per heavy atom. The van der Waals surface area contributed by atoms with Crippen molar-refractivity contribution in [3.8, 4) is 0 Å². The SMILES string of the molecule is Cc1oc(C2CC2)nc1CNC(=O)/C=C/CN(C)C. The lowest BCUT2D eigenvalue weighted by Crippen LogP contribution is -2.21. The van der Waals surface area contributed by atoms with E-state index in [4.69, 9.17) is 4.42 Å². The van der Waals surface area contributed by atoms with E-state index in [9.17, 15) is 4.79 Å². The Bertz CT molecular complexity index is 473. The standard InChI is InChI=1S/C14H21N3O2/c1-10-12(16-14(19-10)11-6-7-11)9-15-13(18)5-4-8-17(2)3/h4-5,11H,6-9H2,1-3H3,(H,15,18)/b5-4+. The van der Waals surface area contributed by atoms with E-state index in [1.165, 1.54) is 12.8 Å². The minimum absolute atomic E-state index is 0.0998. The number of nitrogens with zero attached hydrogens (tertiary/aromatic N) is 2. The molecule has 0 radical (unpaired) electrons. The first-order chi connectivity index (χ1) is 9.06. The van der Waals surface area contributed by atoms with E-state index in [2.05, 4.69) is 10.3 Å². The highest BCUT2D eigenvalue weighted by molar-refractivity contribution is 5.87. The van der Waals surface area contributed by atoms with Gasteiger partial charge < -0.3 is 14.6 Å². The van der Waals surface area contributed by atoms with Gasteiger partial charge in [-0.2, -0.15) is 0 Å². The van der Waals surface area contributed by atoms with E-state index in [1.54, 1.807) is 6.08 Å². The van der Waals surface area contributed by atoms with Crippen molar-refractivity contribution >= 4 is 5.91 Å². The van der Waals surface area contributed by atoms with Crippen molar-refractivity contribution in [2.45, 2.75) is 32.2 Å². The number of hydrogen-bond acceptors (Lipinski definition) is 4. The molecule has 0 atom stereocenters. The molecule has 104 valence electrons. The molecule has 1 N–H and O–H groups in total. The molecule has 5 nitrogen and oxygen atoms in total. The molecule has 0 bridgehead atoms. The summed E-state index contributed by atoms with van der Waals surface area (Å²) in [6.45, 7) is 3.07. The van der Waals surface area contributed by atoms with Gasteiger partial charge in [-0.05, 0) is 33.9 Å². The molecular weight excluding hydrogens is 242 g/mol. The number of aromatic nitrogens is 1. The maximum absolute atomic E-state index is 11.6. The first kappa shape index (κ1) is 13.8. The third-order valence-electron chi connectivity index (χ3n) is 3.01. The number of carbonyl (C=O) groups is 1. The van der Waals surface area contributed by atoms with Crippen LogP contribution in [0.2, 0.25) is 0 Å². The van der Waals surface area contributed by atoms with E-state index >= 15 is 0 Å². The summed E-state index contributed by atoms with van der Waals surface area (Å²) in [7, 11) is 3.92. The molecular formula is C14H21N3O2. The average molecular weight is 263 g/mol. The van der Waals surface area contributed by atoms with Crippen LogP contribution in [0.5, 0.6) is 0 Å². The predicted octanol–water partition coefficient (Wildman–Crippen LogP) is 1.59. The molecule has 1 aliphatic rings. The van der Waals surface area contributed by atoms with Crippen molar-refractivity contribution in [2.75, 3.05) is 20.6 Å². The van der Waals surface area contributed by atoms with Gasteiger partial charge in [-0.15, -0.1) is 0 Å². The number of carbonyl (C=O) groups excluding carboxylic acids is 1. The van der Waals surface area contributed by atoms with Crippen LogP contribution in [0.4, 0.5) is 0 Å². The van der Waals surface area contributed by atoms with E-state index in [0.29, 0.717) is 12.5 Å². The minimum atomic E-state index is -0.0998. The monoisotopic (exact) mass is 263 g/mol. The van der Waals surface area contributed by atoms with Crippen molar-refractivity contribution < 1.29 is 9.21 Å². The maximum atomic E-state index is 11.6. The van der Waals surface area contributed by atoms with Crippen LogP contribution >= 0.6 is 0 Å². The van der Waals surface area contributed by atoms with Gasteiger partial charge in [0.2, 0.25) is 5.91 Å². The van der Waals surface area contributed by atoms with Crippen molar-refractivity contribution in [1.82, 2.24) is 15.2 Å². The molecule has 2 rings (SSSR count). The van der Waals surface area contributed by atoms with Gasteiger partial charge in [0.25, 0.3) is 0 Å². The fourth-order valence-electron chi connectivity index (χ4n) is 1.72. The molecule has 1 saturated carbocycles. The number of rotatable bonds is 6. The van der Waals surface area contributed by atoms with Crippen LogP contribution in [0.25, 0.3) is 0 Å². The molecule has 0 aromatic carbocycles. The van der Waals surface area contributed by atoms with E-state index in [0.717, 1.165) is 23.9 Å². The van der Waals surface area contributed by atoms with Crippen LogP contribution in [0, 0.1) is 6.92 Å². The van der Waals surface area contributed by atoms with Gasteiger partial charge in [0.05, 0.1) is 6.54 Å². The highest BCUT2D eigenvalue weighted by Gasteiger charge is 2.29. The van der Waals surface area contributed by atoms with Crippen LogP contribution in [-0.2, 0) is 11.3 Å². The van der Waals surface area contributed by atoms with Crippen molar-refractivity contribution in [2.24, 2.45) is 0 Å². The van der Waals surface area contributed by atoms with Gasteiger partial charge in [-0.1, -0.05) is 6.08 Å². The minimum Gasteiger partial charge on any atom is -0.445 e. The number of hydrogen-bond donors (Lipinski definition) is 1. The zero-order chi connectivity index (χ0) is 13.8. The molecule has 1 aromatic heterocycles. The van der Waals surface area contributed by atoms with Gasteiger partial charge in [0.15, 0.2) is 5.89 Å². The fourth-order valence-corrected chi connectivity index (χ4v) is 1.72. The zero-order valence-corrected chi connectivity index (χ0v) is 11.8. The second kappa shape index (κ2) is 6.02. The van der Waals surface area contributed by atoms with Crippen molar-refractivity contribution in [3.05, 3.63) is 29.5 Å². The highest BCUT2D eigenvalue weighted by Crippen LogP contribution is 2.39. The molecule has 0 aliphatic heterocycles. The second-order valence-electron chi connectivity index (χ2n) is 5.21. The molecule has 0 saturated heterocycles. The Kier molecular flexibility index (Phi) is 4.37. The van der Waals surface area contributed by atoms with E-state index < -0.39 is 0 Å². The summed E-state index contributed by atoms with van der Waals surface area (Å²) in [5.74, 6) is 2.03. The maximum Gasteiger partial charge on any atom is 0.244 e. The number of likely N-dealkylation sites (N-methyl/N-ethyl adjacent to an activating group) is 1. The molecule has 1 amide bonds. The lowest BCUT2D eigenvalue weighted by Gasteiger charge is -2.03. The van der Waals surface area contributed by atoms with Crippen LogP contribution < -0.4 is 5.32 Å². The van der Waals surface area contributed by atoms with Crippen LogP contribution in [0.3, 0.4) is 0 Å². The van der Waals surface area contributed by atoms with E-state index in [1.807, 2.05) is 32.0 Å². The molecule has 1 aromatic rings. The largest absolute Gasteiger partial charge is 0.445 e. The summed E-state index contributed by atoms with van der Waals surface area (Å²) in [5.41, 5.74) is 0.830. The molecule has 1 aliphatic carbocycles. The summed E-state index contributed by atoms with van der Waals surface area (Å²) < 4.78 is 5.60. The van der Waals surface area contributed by atoms with Gasteiger partial charge in [0, 0.05) is 18.5 Å². The summed E-state index contributed by atoms with van der Waals surface area (Å²) in [5, 5.41) is 2.82. The van der Waals surface area contributed by atoms with Gasteiger partial charge >= 0.3 is 0 Å². The predicted molar refractivity (Wildman–Crippen MR) is 72.8 cm³/mol. The van der Waals surface area contributed by atoms with Crippen LogP contribution in [0.1, 0.15) is 36.1 Å². The second-order valence-corrected chi connectivity index (χ2v) is 5.21. The molecule has 1 heterocycles. The third-order valence-corrected chi connectivity index (χ3v) is 3.01. The van der Waals surface area contributed by atoms with Gasteiger partial charge in [0.1, 0.15) is 11.5 Å². The van der Waals surface area contributed by atoms with Crippen LogP contribution in [0.15, 0.2) is 16.6 Å². The number of oxazole rings is 1. The van der Waals surface area contributed by atoms with Crippen molar-refractivity contribution in [3.63, 3.8) is 0 Å². The summed E-state index contributed by atoms with van der Waals surface area (Å²) >= 11 is 0. The van der Waals surface area contributed by atoms with Gasteiger partial charge in [-0.25, -0.2) is 4.98 Å². The Hall–Kier alpha value is -1.62. The quantitative estimate of drug-likeness (QED) is 0.792. The molecule has 1 fully saturated rings. The van der Waals surface area contributed by atoms with Crippen LogP contribution in [-0.4, -0.2) is 36.4 Å². The first-order valence-electron chi connectivity index (χ1n) is 6.61. The summed E-state index contributed by atoms with van der Waals surface area (Å²) in [6, 6.07) is 0. The average Bonchev–Trinajstić information content (AvgIpc) is 3.11. The van der Waals surface area contributed by atoms with Gasteiger partial charge in [-0.3, -0.25) is 4.79 Å². The Labute approximate surface area is 113 Å². The fraction of sp³-hybridized carbons (Fsp3) is 0.571. The molecule has 0 spiro atoms. The summed E-state index contributed by atoms with van der Waals surface area (Å²) in [4.78, 5) is 18.0. The Morgan fingerprint density at radius 3 is 2.89 bits per heavy atom. The van der Waals surface area contributed by atoms with Crippen molar-refractivity contribution in [1.29, 1.82) is 0 Å². The number of aryl methyl sites for hydroxylation is 1. The molecule has 5 heteroatoms. The molecule has 19 heavy (non-hydrogen) atoms. The first-order valence-corrected chi connectivity index (χ1v) is 6.61. The zero-order valence-electron chi connectivity index (χ0n) is 11.8. The topological polar surface area (TPSA) is 58.4 Å². The Morgan fingerprint density at radius 2 is 2.26 bits per heavy atom. The third kappa shape index (κ3) is 4.21. The lowest BCUT2D eigenvalue weighted by molar-refractivity contribution is -0.116. The smallest absolute Gasteiger partial charge is 0.244 e. The number of nitrogens with one attached hydrogen (secondary N) is 1. The Balaban J connectivity index is 1.81. The normalized spacial score (nSPS) is 15.4. The summed E-state index contributed by atoms with van der Waals surface area (Å²) in [6.07, 6.45) is 5.72. The van der Waals surface area contributed by atoms with E-state index in [-0.39, 0.29) is 5.91 Å². The molecule has 0 unspecified atom stereocenters.